The molecule has 150 valence electrons. The lowest BCUT2D eigenvalue weighted by atomic mass is 10.2. The van der Waals surface area contributed by atoms with E-state index in [0.29, 0.717) is 12.5 Å². The van der Waals surface area contributed by atoms with Crippen LogP contribution >= 0.6 is 11.3 Å². The Labute approximate surface area is 172 Å². The van der Waals surface area contributed by atoms with Crippen LogP contribution in [0.25, 0.3) is 10.6 Å². The number of carbonyl (C=O) groups excluding carboxylic acids is 1. The molecule has 1 aliphatic heterocycles. The first-order valence-electron chi connectivity index (χ1n) is 9.46. The topological polar surface area (TPSA) is 93.0 Å². The molecule has 3 aromatic heterocycles. The van der Waals surface area contributed by atoms with E-state index in [2.05, 4.69) is 20.2 Å². The first-order chi connectivity index (χ1) is 14.0. The number of nitrogens with zero attached hydrogens (tertiary/aromatic N) is 5. The Morgan fingerprint density at radius 2 is 2.03 bits per heavy atom. The van der Waals surface area contributed by atoms with E-state index in [0.717, 1.165) is 34.2 Å². The largest absolute Gasteiger partial charge is 0.350 e. The minimum atomic E-state index is -0.0778. The number of thiazole rings is 1. The third kappa shape index (κ3) is 4.51. The van der Waals surface area contributed by atoms with Crippen molar-refractivity contribution >= 4 is 23.2 Å². The molecule has 0 bridgehead atoms. The van der Waals surface area contributed by atoms with E-state index in [9.17, 15) is 9.59 Å². The van der Waals surface area contributed by atoms with E-state index in [4.69, 9.17) is 4.98 Å². The summed E-state index contributed by atoms with van der Waals surface area (Å²) >= 11 is 1.63. The van der Waals surface area contributed by atoms with Crippen LogP contribution in [0.15, 0.2) is 41.6 Å². The van der Waals surface area contributed by atoms with Gasteiger partial charge < -0.3 is 14.8 Å². The zero-order valence-electron chi connectivity index (χ0n) is 16.3. The first kappa shape index (κ1) is 19.3. The molecule has 0 aromatic carbocycles. The van der Waals surface area contributed by atoms with Crippen molar-refractivity contribution in [2.45, 2.75) is 32.9 Å². The fraction of sp³-hybridized carbons (Fsp3) is 0.350. The summed E-state index contributed by atoms with van der Waals surface area (Å²) in [7, 11) is 0. The summed E-state index contributed by atoms with van der Waals surface area (Å²) in [5, 5.41) is 4.08. The summed E-state index contributed by atoms with van der Waals surface area (Å²) < 4.78 is 1.69. The molecular formula is C20H22N6O2S. The summed E-state index contributed by atoms with van der Waals surface area (Å²) in [4.78, 5) is 40.3. The van der Waals surface area contributed by atoms with Crippen LogP contribution in [0.3, 0.4) is 0 Å². The van der Waals surface area contributed by atoms with Crippen LogP contribution in [-0.4, -0.2) is 44.6 Å². The van der Waals surface area contributed by atoms with Gasteiger partial charge in [-0.25, -0.2) is 15.0 Å². The first-order valence-corrected chi connectivity index (χ1v) is 10.3. The maximum Gasteiger partial charge on any atom is 0.240 e. The highest BCUT2D eigenvalue weighted by Crippen LogP contribution is 2.29. The van der Waals surface area contributed by atoms with Crippen molar-refractivity contribution in [1.82, 2.24) is 24.8 Å². The number of hydrogen-bond donors (Lipinski definition) is 1. The Kier molecular flexibility index (Phi) is 5.39. The lowest BCUT2D eigenvalue weighted by molar-refractivity contribution is -0.122. The maximum atomic E-state index is 12.3. The molecule has 0 saturated carbocycles. The van der Waals surface area contributed by atoms with Gasteiger partial charge in [0.25, 0.3) is 0 Å². The molecule has 1 atom stereocenters. The summed E-state index contributed by atoms with van der Waals surface area (Å²) in [5.74, 6) is 0.594. The number of rotatable bonds is 5. The quantitative estimate of drug-likeness (QED) is 0.689. The van der Waals surface area contributed by atoms with Gasteiger partial charge in [-0.1, -0.05) is 0 Å². The Balaban J connectivity index is 1.39. The van der Waals surface area contributed by atoms with Crippen LogP contribution in [-0.2, 0) is 11.3 Å². The minimum absolute atomic E-state index is 0.0431. The van der Waals surface area contributed by atoms with Gasteiger partial charge in [0.15, 0.2) is 5.43 Å². The SMILES string of the molecule is Cc1nc(C)c(-c2ccnc(N3CCC(NC(=O)Cn4ccc(=O)cc4)C3)n2)s1. The molecule has 1 saturated heterocycles. The average Bonchev–Trinajstić information content (AvgIpc) is 3.29. The van der Waals surface area contributed by atoms with Gasteiger partial charge in [-0.15, -0.1) is 11.3 Å². The predicted octanol–water partition coefficient (Wildman–Crippen LogP) is 1.77. The molecule has 3 aromatic rings. The second-order valence-electron chi connectivity index (χ2n) is 7.09. The second kappa shape index (κ2) is 8.12. The van der Waals surface area contributed by atoms with Gasteiger partial charge in [0, 0.05) is 49.9 Å². The van der Waals surface area contributed by atoms with E-state index in [1.54, 1.807) is 34.5 Å². The van der Waals surface area contributed by atoms with Crippen molar-refractivity contribution in [2.24, 2.45) is 0 Å². The molecule has 0 aliphatic carbocycles. The summed E-state index contributed by atoms with van der Waals surface area (Å²) in [6.07, 6.45) is 5.84. The van der Waals surface area contributed by atoms with Gasteiger partial charge in [0.05, 0.1) is 21.3 Å². The molecule has 8 nitrogen and oxygen atoms in total. The summed E-state index contributed by atoms with van der Waals surface area (Å²) in [6.45, 7) is 5.62. The van der Waals surface area contributed by atoms with Crippen molar-refractivity contribution in [3.63, 3.8) is 0 Å². The Morgan fingerprint density at radius 1 is 1.24 bits per heavy atom. The molecule has 9 heteroatoms. The maximum absolute atomic E-state index is 12.3. The van der Waals surface area contributed by atoms with Crippen LogP contribution < -0.4 is 15.6 Å². The van der Waals surface area contributed by atoms with E-state index < -0.39 is 0 Å². The van der Waals surface area contributed by atoms with E-state index >= 15 is 0 Å². The van der Waals surface area contributed by atoms with Gasteiger partial charge in [-0.3, -0.25) is 9.59 Å². The molecule has 1 unspecified atom stereocenters. The molecule has 1 aliphatic rings. The molecular weight excluding hydrogens is 388 g/mol. The molecule has 0 spiro atoms. The van der Waals surface area contributed by atoms with Crippen LogP contribution in [0.4, 0.5) is 5.95 Å². The van der Waals surface area contributed by atoms with Crippen molar-refractivity contribution in [3.8, 4) is 10.6 Å². The summed E-state index contributed by atoms with van der Waals surface area (Å²) in [5.41, 5.74) is 1.79. The summed E-state index contributed by atoms with van der Waals surface area (Å²) in [6, 6.07) is 4.84. The number of amides is 1. The molecule has 0 radical (unpaired) electrons. The number of aromatic nitrogens is 4. The van der Waals surface area contributed by atoms with Crippen molar-refractivity contribution in [1.29, 1.82) is 0 Å². The number of pyridine rings is 1. The highest BCUT2D eigenvalue weighted by Gasteiger charge is 2.26. The lowest BCUT2D eigenvalue weighted by Crippen LogP contribution is -2.39. The van der Waals surface area contributed by atoms with Gasteiger partial charge in [-0.2, -0.15) is 0 Å². The Morgan fingerprint density at radius 3 is 2.76 bits per heavy atom. The van der Waals surface area contributed by atoms with Gasteiger partial charge in [0.2, 0.25) is 11.9 Å². The zero-order valence-corrected chi connectivity index (χ0v) is 17.1. The van der Waals surface area contributed by atoms with Gasteiger partial charge in [0.1, 0.15) is 6.54 Å². The molecule has 29 heavy (non-hydrogen) atoms. The van der Waals surface area contributed by atoms with Crippen LogP contribution in [0.5, 0.6) is 0 Å². The highest BCUT2D eigenvalue weighted by molar-refractivity contribution is 7.15. The lowest BCUT2D eigenvalue weighted by Gasteiger charge is -2.17. The third-order valence-corrected chi connectivity index (χ3v) is 5.90. The number of hydrogen-bond acceptors (Lipinski definition) is 7. The third-order valence-electron chi connectivity index (χ3n) is 4.80. The van der Waals surface area contributed by atoms with E-state index in [1.807, 2.05) is 19.9 Å². The Hall–Kier alpha value is -3.07. The van der Waals surface area contributed by atoms with Crippen LogP contribution in [0.2, 0.25) is 0 Å². The smallest absolute Gasteiger partial charge is 0.240 e. The van der Waals surface area contributed by atoms with Crippen molar-refractivity contribution in [3.05, 3.63) is 57.7 Å². The number of anilines is 1. The molecule has 1 N–H and O–H groups in total. The number of carbonyl (C=O) groups is 1. The average molecular weight is 411 g/mol. The molecule has 1 amide bonds. The fourth-order valence-electron chi connectivity index (χ4n) is 3.44. The number of aryl methyl sites for hydroxylation is 2. The monoisotopic (exact) mass is 410 g/mol. The zero-order chi connectivity index (χ0) is 20.4. The molecule has 1 fully saturated rings. The van der Waals surface area contributed by atoms with E-state index in [-0.39, 0.29) is 23.9 Å². The van der Waals surface area contributed by atoms with Gasteiger partial charge in [-0.05, 0) is 26.3 Å². The van der Waals surface area contributed by atoms with Gasteiger partial charge >= 0.3 is 0 Å². The van der Waals surface area contributed by atoms with Crippen molar-refractivity contribution in [2.75, 3.05) is 18.0 Å². The predicted molar refractivity (Wildman–Crippen MR) is 112 cm³/mol. The standard InChI is InChI=1S/C20H22N6O2S/c1-13-19(29-14(2)22-13)17-3-7-21-20(24-17)26-10-4-15(11-26)23-18(28)12-25-8-5-16(27)6-9-25/h3,5-9,15H,4,10-12H2,1-2H3,(H,23,28). The second-order valence-corrected chi connectivity index (χ2v) is 8.30. The molecule has 4 rings (SSSR count). The minimum Gasteiger partial charge on any atom is -0.350 e. The van der Waals surface area contributed by atoms with E-state index in [1.165, 1.54) is 12.1 Å². The number of nitrogens with one attached hydrogen (secondary N) is 1. The van der Waals surface area contributed by atoms with Crippen LogP contribution in [0, 0.1) is 13.8 Å². The Bertz CT molecular complexity index is 1070. The normalized spacial score (nSPS) is 16.2. The highest BCUT2D eigenvalue weighted by atomic mass is 32.1. The fourth-order valence-corrected chi connectivity index (χ4v) is 4.33. The molecule has 4 heterocycles. The van der Waals surface area contributed by atoms with Crippen molar-refractivity contribution < 1.29 is 4.79 Å². The van der Waals surface area contributed by atoms with Crippen LogP contribution in [0.1, 0.15) is 17.1 Å².